The third kappa shape index (κ3) is 2.05. The van der Waals surface area contributed by atoms with Gasteiger partial charge in [0.1, 0.15) is 0 Å². The molecular formula is C12H11F3N2O. The molecule has 0 saturated heterocycles. The largest absolute Gasteiger partial charge is 0.437 e. The first kappa shape index (κ1) is 12.5. The summed E-state index contributed by atoms with van der Waals surface area (Å²) >= 11 is 0. The van der Waals surface area contributed by atoms with Crippen LogP contribution in [0, 0.1) is 13.8 Å². The molecule has 1 heterocycles. The van der Waals surface area contributed by atoms with Crippen molar-refractivity contribution in [1.82, 2.24) is 5.16 Å². The third-order valence-electron chi connectivity index (χ3n) is 2.65. The van der Waals surface area contributed by atoms with Gasteiger partial charge in [0.05, 0.1) is 5.56 Å². The Balaban J connectivity index is 2.71. The Hall–Kier alpha value is -1.98. The van der Waals surface area contributed by atoms with E-state index in [1.807, 2.05) is 6.07 Å². The van der Waals surface area contributed by atoms with Gasteiger partial charge in [0.25, 0.3) is 0 Å². The van der Waals surface area contributed by atoms with Gasteiger partial charge in [-0.15, -0.1) is 0 Å². The molecule has 0 bridgehead atoms. The predicted octanol–water partition coefficient (Wildman–Crippen LogP) is 3.56. The minimum Gasteiger partial charge on any atom is -0.367 e. The van der Waals surface area contributed by atoms with E-state index >= 15 is 0 Å². The second kappa shape index (κ2) is 4.04. The number of nitrogen functional groups attached to an aromatic ring is 1. The van der Waals surface area contributed by atoms with E-state index in [1.165, 1.54) is 0 Å². The molecule has 0 atom stereocenters. The Kier molecular flexibility index (Phi) is 2.80. The fourth-order valence-electron chi connectivity index (χ4n) is 1.76. The molecule has 0 unspecified atom stereocenters. The van der Waals surface area contributed by atoms with Gasteiger partial charge in [0.15, 0.2) is 5.69 Å². The summed E-state index contributed by atoms with van der Waals surface area (Å²) in [5.74, 6) is -0.323. The smallest absolute Gasteiger partial charge is 0.367 e. The molecule has 2 N–H and O–H groups in total. The highest BCUT2D eigenvalue weighted by Gasteiger charge is 2.39. The molecule has 0 spiro atoms. The van der Waals surface area contributed by atoms with Crippen LogP contribution in [0.15, 0.2) is 22.7 Å². The summed E-state index contributed by atoms with van der Waals surface area (Å²) in [4.78, 5) is 0. The fourth-order valence-corrected chi connectivity index (χ4v) is 1.76. The summed E-state index contributed by atoms with van der Waals surface area (Å²) in [5.41, 5.74) is 6.09. The lowest BCUT2D eigenvalue weighted by Crippen LogP contribution is -2.08. The minimum absolute atomic E-state index is 0.191. The fraction of sp³-hybridized carbons (Fsp3) is 0.250. The van der Waals surface area contributed by atoms with Crippen LogP contribution in [0.1, 0.15) is 16.8 Å². The number of alkyl halides is 3. The molecule has 0 amide bonds. The molecule has 2 aromatic rings. The maximum Gasteiger partial charge on any atom is 0.437 e. The average Bonchev–Trinajstić information content (AvgIpc) is 2.63. The number of anilines is 1. The van der Waals surface area contributed by atoms with Gasteiger partial charge in [-0.05, 0) is 25.0 Å². The van der Waals surface area contributed by atoms with Gasteiger partial charge in [-0.2, -0.15) is 13.2 Å². The standard InChI is InChI=1S/C12H11F3N2O/c1-6-3-4-7(2)8(5-6)9-10(12(13,14)15)17-18-11(9)16/h3-5H,16H2,1-2H3. The van der Waals surface area contributed by atoms with Gasteiger partial charge >= 0.3 is 6.18 Å². The average molecular weight is 256 g/mol. The summed E-state index contributed by atoms with van der Waals surface area (Å²) in [6.07, 6.45) is -4.59. The highest BCUT2D eigenvalue weighted by Crippen LogP contribution is 2.40. The molecule has 0 saturated carbocycles. The molecule has 6 heteroatoms. The molecule has 3 nitrogen and oxygen atoms in total. The number of aromatic nitrogens is 1. The highest BCUT2D eigenvalue weighted by atomic mass is 19.4. The number of halogens is 3. The Labute approximate surface area is 101 Å². The van der Waals surface area contributed by atoms with Crippen molar-refractivity contribution in [3.05, 3.63) is 35.0 Å². The molecule has 2 rings (SSSR count). The van der Waals surface area contributed by atoms with E-state index in [9.17, 15) is 13.2 Å². The number of hydrogen-bond donors (Lipinski definition) is 1. The van der Waals surface area contributed by atoms with Crippen LogP contribution >= 0.6 is 0 Å². The molecular weight excluding hydrogens is 245 g/mol. The van der Waals surface area contributed by atoms with Crippen molar-refractivity contribution in [1.29, 1.82) is 0 Å². The van der Waals surface area contributed by atoms with E-state index < -0.39 is 11.9 Å². The summed E-state index contributed by atoms with van der Waals surface area (Å²) in [6, 6.07) is 5.18. The van der Waals surface area contributed by atoms with Gasteiger partial charge in [0, 0.05) is 0 Å². The molecule has 0 fully saturated rings. The predicted molar refractivity (Wildman–Crippen MR) is 60.8 cm³/mol. The quantitative estimate of drug-likeness (QED) is 0.848. The SMILES string of the molecule is Cc1ccc(C)c(-c2c(C(F)(F)F)noc2N)c1. The van der Waals surface area contributed by atoms with E-state index in [0.29, 0.717) is 11.1 Å². The van der Waals surface area contributed by atoms with Crippen molar-refractivity contribution in [2.75, 3.05) is 5.73 Å². The molecule has 18 heavy (non-hydrogen) atoms. The zero-order chi connectivity index (χ0) is 13.5. The first-order chi connectivity index (χ1) is 8.30. The van der Waals surface area contributed by atoms with Crippen molar-refractivity contribution in [2.24, 2.45) is 0 Å². The lowest BCUT2D eigenvalue weighted by molar-refractivity contribution is -0.142. The first-order valence-electron chi connectivity index (χ1n) is 5.20. The Morgan fingerprint density at radius 3 is 2.50 bits per heavy atom. The van der Waals surface area contributed by atoms with Crippen molar-refractivity contribution < 1.29 is 17.7 Å². The van der Waals surface area contributed by atoms with Crippen LogP contribution in [-0.2, 0) is 6.18 Å². The summed E-state index contributed by atoms with van der Waals surface area (Å²) < 4.78 is 42.9. The van der Waals surface area contributed by atoms with Crippen LogP contribution in [-0.4, -0.2) is 5.16 Å². The lowest BCUT2D eigenvalue weighted by atomic mass is 9.98. The molecule has 1 aromatic carbocycles. The van der Waals surface area contributed by atoms with E-state index in [2.05, 4.69) is 9.68 Å². The number of nitrogens with two attached hydrogens (primary N) is 1. The maximum absolute atomic E-state index is 12.8. The van der Waals surface area contributed by atoms with Crippen LogP contribution in [0.4, 0.5) is 19.1 Å². The molecule has 0 aliphatic heterocycles. The first-order valence-corrected chi connectivity index (χ1v) is 5.20. The van der Waals surface area contributed by atoms with Crippen molar-refractivity contribution in [2.45, 2.75) is 20.0 Å². The van der Waals surface area contributed by atoms with Crippen LogP contribution < -0.4 is 5.73 Å². The van der Waals surface area contributed by atoms with E-state index in [4.69, 9.17) is 5.73 Å². The molecule has 96 valence electrons. The van der Waals surface area contributed by atoms with Crippen LogP contribution in [0.25, 0.3) is 11.1 Å². The highest BCUT2D eigenvalue weighted by molar-refractivity contribution is 5.78. The summed E-state index contributed by atoms with van der Waals surface area (Å²) in [6.45, 7) is 3.50. The minimum atomic E-state index is -4.59. The topological polar surface area (TPSA) is 52.0 Å². The van der Waals surface area contributed by atoms with Gasteiger partial charge in [0.2, 0.25) is 5.88 Å². The number of benzene rings is 1. The Morgan fingerprint density at radius 2 is 1.89 bits per heavy atom. The molecule has 0 radical (unpaired) electrons. The molecule has 1 aromatic heterocycles. The van der Waals surface area contributed by atoms with Gasteiger partial charge < -0.3 is 10.3 Å². The summed E-state index contributed by atoms with van der Waals surface area (Å²) in [5, 5.41) is 3.01. The van der Waals surface area contributed by atoms with Crippen LogP contribution in [0.3, 0.4) is 0 Å². The number of rotatable bonds is 1. The lowest BCUT2D eigenvalue weighted by Gasteiger charge is -2.09. The Bertz CT molecular complexity index is 587. The van der Waals surface area contributed by atoms with E-state index in [1.54, 1.807) is 26.0 Å². The molecule has 0 aliphatic carbocycles. The summed E-state index contributed by atoms with van der Waals surface area (Å²) in [7, 11) is 0. The van der Waals surface area contributed by atoms with E-state index in [0.717, 1.165) is 5.56 Å². The van der Waals surface area contributed by atoms with Gasteiger partial charge in [-0.25, -0.2) is 0 Å². The second-order valence-electron chi connectivity index (χ2n) is 4.09. The van der Waals surface area contributed by atoms with E-state index in [-0.39, 0.29) is 11.4 Å². The van der Waals surface area contributed by atoms with Crippen LogP contribution in [0.2, 0.25) is 0 Å². The van der Waals surface area contributed by atoms with Crippen molar-refractivity contribution in [3.63, 3.8) is 0 Å². The molecule has 0 aliphatic rings. The van der Waals surface area contributed by atoms with Gasteiger partial charge in [-0.3, -0.25) is 0 Å². The van der Waals surface area contributed by atoms with Gasteiger partial charge in [-0.1, -0.05) is 28.9 Å². The zero-order valence-corrected chi connectivity index (χ0v) is 9.80. The normalized spacial score (nSPS) is 11.8. The number of aryl methyl sites for hydroxylation is 2. The number of hydrogen-bond acceptors (Lipinski definition) is 3. The van der Waals surface area contributed by atoms with Crippen LogP contribution in [0.5, 0.6) is 0 Å². The Morgan fingerprint density at radius 1 is 1.22 bits per heavy atom. The van der Waals surface area contributed by atoms with Crippen molar-refractivity contribution in [3.8, 4) is 11.1 Å². The zero-order valence-electron chi connectivity index (χ0n) is 9.80. The second-order valence-corrected chi connectivity index (χ2v) is 4.09. The third-order valence-corrected chi connectivity index (χ3v) is 2.65. The number of nitrogens with zero attached hydrogens (tertiary/aromatic N) is 1. The van der Waals surface area contributed by atoms with Crippen molar-refractivity contribution >= 4 is 5.88 Å². The monoisotopic (exact) mass is 256 g/mol. The maximum atomic E-state index is 12.8.